The number of rotatable bonds is 3. The Hall–Kier alpha value is -0.120. The second-order valence-corrected chi connectivity index (χ2v) is 4.95. The molecular weight excluding hydrogens is 176 g/mol. The molecule has 0 aromatic heterocycles. The Balaban J connectivity index is 1.72. The molecule has 0 aliphatic carbocycles. The van der Waals surface area contributed by atoms with Crippen LogP contribution in [0.1, 0.15) is 26.2 Å². The fourth-order valence-electron chi connectivity index (χ4n) is 2.61. The van der Waals surface area contributed by atoms with Crippen LogP contribution in [0, 0.1) is 5.41 Å². The highest BCUT2D eigenvalue weighted by Crippen LogP contribution is 2.39. The molecule has 2 N–H and O–H groups in total. The van der Waals surface area contributed by atoms with Crippen LogP contribution in [0.4, 0.5) is 0 Å². The van der Waals surface area contributed by atoms with E-state index in [1.807, 2.05) is 0 Å². The van der Waals surface area contributed by atoms with Gasteiger partial charge in [0.2, 0.25) is 0 Å². The van der Waals surface area contributed by atoms with Gasteiger partial charge in [-0.25, -0.2) is 0 Å². The Kier molecular flexibility index (Phi) is 3.10. The average Bonchev–Trinajstić information content (AvgIpc) is 2.17. The molecule has 2 fully saturated rings. The summed E-state index contributed by atoms with van der Waals surface area (Å²) in [6.45, 7) is 7.68. The van der Waals surface area contributed by atoms with Crippen molar-refractivity contribution in [1.29, 1.82) is 0 Å². The molecule has 2 aliphatic rings. The Bertz CT molecular complexity index is 182. The second-order valence-electron chi connectivity index (χ2n) is 4.95. The maximum Gasteiger partial charge on any atom is 0.0472 e. The van der Waals surface area contributed by atoms with Crippen LogP contribution in [0.3, 0.4) is 0 Å². The monoisotopic (exact) mass is 198 g/mol. The Morgan fingerprint density at radius 1 is 1.36 bits per heavy atom. The summed E-state index contributed by atoms with van der Waals surface area (Å²) < 4.78 is 5.39. The molecule has 3 nitrogen and oxygen atoms in total. The smallest absolute Gasteiger partial charge is 0.0472 e. The van der Waals surface area contributed by atoms with Crippen molar-refractivity contribution in [2.45, 2.75) is 32.2 Å². The summed E-state index contributed by atoms with van der Waals surface area (Å²) in [6.07, 6.45) is 3.60. The zero-order chi connectivity index (χ0) is 10.0. The van der Waals surface area contributed by atoms with Crippen molar-refractivity contribution in [3.05, 3.63) is 0 Å². The molecule has 1 unspecified atom stereocenters. The van der Waals surface area contributed by atoms with Gasteiger partial charge in [0.25, 0.3) is 0 Å². The molecule has 2 rings (SSSR count). The normalized spacial score (nSPS) is 28.7. The van der Waals surface area contributed by atoms with Crippen LogP contribution >= 0.6 is 0 Å². The lowest BCUT2D eigenvalue weighted by molar-refractivity contribution is -0.0819. The Morgan fingerprint density at radius 3 is 2.57 bits per heavy atom. The average molecular weight is 198 g/mol. The first-order valence-corrected chi connectivity index (χ1v) is 5.80. The minimum absolute atomic E-state index is 0.368. The fraction of sp³-hybridized carbons (Fsp3) is 1.00. The molecule has 82 valence electrons. The van der Waals surface area contributed by atoms with Gasteiger partial charge in [0.1, 0.15) is 0 Å². The molecular formula is C11H22N2O. The molecule has 2 saturated heterocycles. The van der Waals surface area contributed by atoms with E-state index in [0.717, 1.165) is 26.2 Å². The lowest BCUT2D eigenvalue weighted by Gasteiger charge is -2.53. The van der Waals surface area contributed by atoms with Crippen LogP contribution in [0.5, 0.6) is 0 Å². The number of hydrogen-bond donors (Lipinski definition) is 1. The minimum atomic E-state index is 0.368. The molecule has 0 amide bonds. The van der Waals surface area contributed by atoms with Gasteiger partial charge >= 0.3 is 0 Å². The van der Waals surface area contributed by atoms with Crippen LogP contribution in [0.15, 0.2) is 0 Å². The summed E-state index contributed by atoms with van der Waals surface area (Å²) in [5.74, 6) is 0. The maximum absolute atomic E-state index is 5.93. The molecule has 3 heteroatoms. The fourth-order valence-corrected chi connectivity index (χ4v) is 2.61. The van der Waals surface area contributed by atoms with E-state index < -0.39 is 0 Å². The zero-order valence-electron chi connectivity index (χ0n) is 9.17. The molecule has 2 heterocycles. The number of ether oxygens (including phenoxy) is 1. The first-order valence-electron chi connectivity index (χ1n) is 5.80. The molecule has 0 aromatic rings. The van der Waals surface area contributed by atoms with Crippen LogP contribution in [-0.4, -0.2) is 43.8 Å². The first kappa shape index (κ1) is 10.4. The molecule has 0 bridgehead atoms. The molecule has 1 atom stereocenters. The van der Waals surface area contributed by atoms with Crippen molar-refractivity contribution in [3.63, 3.8) is 0 Å². The lowest BCUT2D eigenvalue weighted by Crippen LogP contribution is -2.60. The van der Waals surface area contributed by atoms with Crippen molar-refractivity contribution in [2.24, 2.45) is 11.1 Å². The SMILES string of the molecule is CCC(N)CN1CC2(CCOCC2)C1. The third-order valence-corrected chi connectivity index (χ3v) is 3.69. The minimum Gasteiger partial charge on any atom is -0.381 e. The van der Waals surface area contributed by atoms with E-state index in [9.17, 15) is 0 Å². The Morgan fingerprint density at radius 2 is 2.00 bits per heavy atom. The lowest BCUT2D eigenvalue weighted by atomic mass is 9.73. The molecule has 14 heavy (non-hydrogen) atoms. The largest absolute Gasteiger partial charge is 0.381 e. The molecule has 0 radical (unpaired) electrons. The van der Waals surface area contributed by atoms with E-state index in [-0.39, 0.29) is 0 Å². The van der Waals surface area contributed by atoms with Gasteiger partial charge in [-0.15, -0.1) is 0 Å². The first-order chi connectivity index (χ1) is 6.74. The van der Waals surface area contributed by atoms with Gasteiger partial charge in [-0.05, 0) is 19.3 Å². The number of nitrogens with two attached hydrogens (primary N) is 1. The van der Waals surface area contributed by atoms with Crippen molar-refractivity contribution in [3.8, 4) is 0 Å². The van der Waals surface area contributed by atoms with Crippen LogP contribution in [-0.2, 0) is 4.74 Å². The zero-order valence-corrected chi connectivity index (χ0v) is 9.17. The predicted molar refractivity (Wildman–Crippen MR) is 57.2 cm³/mol. The number of nitrogens with zero attached hydrogens (tertiary/aromatic N) is 1. The predicted octanol–water partition coefficient (Wildman–Crippen LogP) is 0.836. The van der Waals surface area contributed by atoms with Gasteiger partial charge in [-0.3, -0.25) is 0 Å². The van der Waals surface area contributed by atoms with Gasteiger partial charge in [-0.1, -0.05) is 6.92 Å². The highest BCUT2D eigenvalue weighted by atomic mass is 16.5. The van der Waals surface area contributed by atoms with Crippen molar-refractivity contribution >= 4 is 0 Å². The Labute approximate surface area is 86.6 Å². The van der Waals surface area contributed by atoms with Crippen LogP contribution < -0.4 is 5.73 Å². The quantitative estimate of drug-likeness (QED) is 0.730. The summed E-state index contributed by atoms with van der Waals surface area (Å²) in [5, 5.41) is 0. The van der Waals surface area contributed by atoms with Gasteiger partial charge in [0.05, 0.1) is 0 Å². The van der Waals surface area contributed by atoms with Crippen molar-refractivity contribution in [2.75, 3.05) is 32.8 Å². The summed E-state index contributed by atoms with van der Waals surface area (Å²) in [7, 11) is 0. The van der Waals surface area contributed by atoms with Crippen LogP contribution in [0.2, 0.25) is 0 Å². The van der Waals surface area contributed by atoms with E-state index in [4.69, 9.17) is 10.5 Å². The topological polar surface area (TPSA) is 38.5 Å². The van der Waals surface area contributed by atoms with E-state index in [2.05, 4.69) is 11.8 Å². The van der Waals surface area contributed by atoms with E-state index in [1.54, 1.807) is 0 Å². The second kappa shape index (κ2) is 4.17. The van der Waals surface area contributed by atoms with Gasteiger partial charge in [0.15, 0.2) is 0 Å². The summed E-state index contributed by atoms with van der Waals surface area (Å²) in [4.78, 5) is 2.50. The number of likely N-dealkylation sites (tertiary alicyclic amines) is 1. The van der Waals surface area contributed by atoms with E-state index in [0.29, 0.717) is 11.5 Å². The highest BCUT2D eigenvalue weighted by Gasteiger charge is 2.43. The van der Waals surface area contributed by atoms with Gasteiger partial charge in [0, 0.05) is 44.3 Å². The standard InChI is InChI=1S/C11H22N2O/c1-2-10(12)7-13-8-11(9-13)3-5-14-6-4-11/h10H,2-9,12H2,1H3. The van der Waals surface area contributed by atoms with E-state index in [1.165, 1.54) is 25.9 Å². The third-order valence-electron chi connectivity index (χ3n) is 3.69. The highest BCUT2D eigenvalue weighted by molar-refractivity contribution is 4.96. The van der Waals surface area contributed by atoms with Gasteiger partial charge < -0.3 is 15.4 Å². The van der Waals surface area contributed by atoms with E-state index >= 15 is 0 Å². The molecule has 0 saturated carbocycles. The molecule has 0 aromatic carbocycles. The third kappa shape index (κ3) is 2.10. The van der Waals surface area contributed by atoms with Crippen molar-refractivity contribution in [1.82, 2.24) is 4.90 Å². The van der Waals surface area contributed by atoms with Gasteiger partial charge in [-0.2, -0.15) is 0 Å². The summed E-state index contributed by atoms with van der Waals surface area (Å²) in [5.41, 5.74) is 6.54. The molecule has 1 spiro atoms. The summed E-state index contributed by atoms with van der Waals surface area (Å²) in [6, 6.07) is 0.368. The van der Waals surface area contributed by atoms with Crippen molar-refractivity contribution < 1.29 is 4.74 Å². The number of hydrogen-bond acceptors (Lipinski definition) is 3. The van der Waals surface area contributed by atoms with Crippen LogP contribution in [0.25, 0.3) is 0 Å². The maximum atomic E-state index is 5.93. The molecule has 2 aliphatic heterocycles. The summed E-state index contributed by atoms with van der Waals surface area (Å²) >= 11 is 0.